The first kappa shape index (κ1) is 12.9. The summed E-state index contributed by atoms with van der Waals surface area (Å²) in [7, 11) is 0. The van der Waals surface area contributed by atoms with Crippen LogP contribution < -0.4 is 5.32 Å². The van der Waals surface area contributed by atoms with Crippen molar-refractivity contribution in [3.05, 3.63) is 0 Å². The monoisotopic (exact) mass is 252 g/mol. The molecule has 0 aromatic rings. The Balaban J connectivity index is 1.69. The summed E-state index contributed by atoms with van der Waals surface area (Å²) in [4.78, 5) is 2.70. The smallest absolute Gasteiger partial charge is 0.0562 e. The summed E-state index contributed by atoms with van der Waals surface area (Å²) in [6, 6.07) is 0.705. The van der Waals surface area contributed by atoms with E-state index in [-0.39, 0.29) is 0 Å². The van der Waals surface area contributed by atoms with Crippen molar-refractivity contribution < 1.29 is 4.74 Å². The Hall–Kier alpha value is -0.120. The first-order valence-corrected chi connectivity index (χ1v) is 7.85. The van der Waals surface area contributed by atoms with Crippen molar-refractivity contribution in [2.24, 2.45) is 11.3 Å². The summed E-state index contributed by atoms with van der Waals surface area (Å²) in [5.41, 5.74) is 0.484. The predicted octanol–water partition coefficient (Wildman–Crippen LogP) is 1.88. The Morgan fingerprint density at radius 2 is 1.78 bits per heavy atom. The summed E-state index contributed by atoms with van der Waals surface area (Å²) in [6.45, 7) is 9.25. The lowest BCUT2D eigenvalue weighted by molar-refractivity contribution is -0.188. The topological polar surface area (TPSA) is 24.5 Å². The van der Waals surface area contributed by atoms with Gasteiger partial charge in [-0.05, 0) is 25.7 Å². The van der Waals surface area contributed by atoms with E-state index < -0.39 is 0 Å². The van der Waals surface area contributed by atoms with Gasteiger partial charge in [-0.15, -0.1) is 0 Å². The summed E-state index contributed by atoms with van der Waals surface area (Å²) < 4.78 is 5.66. The van der Waals surface area contributed by atoms with Crippen LogP contribution in [-0.4, -0.2) is 50.3 Å². The summed E-state index contributed by atoms with van der Waals surface area (Å²) >= 11 is 0. The van der Waals surface area contributed by atoms with Crippen LogP contribution in [0.3, 0.4) is 0 Å². The maximum absolute atomic E-state index is 5.66. The second-order valence-electron chi connectivity index (χ2n) is 6.52. The molecule has 1 N–H and O–H groups in total. The van der Waals surface area contributed by atoms with Crippen LogP contribution in [-0.2, 0) is 4.74 Å². The largest absolute Gasteiger partial charge is 0.380 e. The van der Waals surface area contributed by atoms with Crippen molar-refractivity contribution in [1.82, 2.24) is 10.2 Å². The van der Waals surface area contributed by atoms with Crippen molar-refractivity contribution in [3.63, 3.8) is 0 Å². The highest BCUT2D eigenvalue weighted by molar-refractivity contribution is 5.01. The first-order chi connectivity index (χ1) is 8.83. The van der Waals surface area contributed by atoms with Gasteiger partial charge in [-0.3, -0.25) is 4.90 Å². The van der Waals surface area contributed by atoms with E-state index in [0.717, 1.165) is 32.2 Å². The Morgan fingerprint density at radius 3 is 2.33 bits per heavy atom. The lowest BCUT2D eigenvalue weighted by atomic mass is 9.63. The van der Waals surface area contributed by atoms with Crippen LogP contribution in [0.2, 0.25) is 0 Å². The van der Waals surface area contributed by atoms with Gasteiger partial charge in [-0.1, -0.05) is 19.3 Å². The molecule has 18 heavy (non-hydrogen) atoms. The minimum absolute atomic E-state index is 0.484. The quantitative estimate of drug-likeness (QED) is 0.830. The van der Waals surface area contributed by atoms with Crippen LogP contribution in [0.5, 0.6) is 0 Å². The normalized spacial score (nSPS) is 31.8. The maximum Gasteiger partial charge on any atom is 0.0562 e. The fraction of sp³-hybridized carbons (Fsp3) is 1.00. The molecule has 1 atom stereocenters. The molecule has 3 nitrogen and oxygen atoms in total. The van der Waals surface area contributed by atoms with E-state index in [2.05, 4.69) is 17.1 Å². The van der Waals surface area contributed by atoms with Crippen LogP contribution in [0.25, 0.3) is 0 Å². The molecule has 2 heterocycles. The van der Waals surface area contributed by atoms with Crippen molar-refractivity contribution >= 4 is 0 Å². The molecule has 0 aromatic heterocycles. The SMILES string of the molecule is CC(N1CCNCC1)C1(C2CCCCC2)COC1. The van der Waals surface area contributed by atoms with Gasteiger partial charge in [-0.2, -0.15) is 0 Å². The van der Waals surface area contributed by atoms with Gasteiger partial charge in [0.15, 0.2) is 0 Å². The molecule has 3 aliphatic rings. The molecule has 0 amide bonds. The van der Waals surface area contributed by atoms with E-state index in [1.807, 2.05) is 0 Å². The van der Waals surface area contributed by atoms with E-state index in [1.54, 1.807) is 0 Å². The van der Waals surface area contributed by atoms with Gasteiger partial charge in [0.1, 0.15) is 0 Å². The zero-order valence-electron chi connectivity index (χ0n) is 11.8. The molecule has 2 aliphatic heterocycles. The number of rotatable bonds is 3. The third-order valence-electron chi connectivity index (χ3n) is 5.69. The van der Waals surface area contributed by atoms with Crippen molar-refractivity contribution in [2.45, 2.75) is 45.1 Å². The number of ether oxygens (including phenoxy) is 1. The molecule has 1 saturated carbocycles. The van der Waals surface area contributed by atoms with Gasteiger partial charge in [0.25, 0.3) is 0 Å². The summed E-state index contributed by atoms with van der Waals surface area (Å²) in [5, 5.41) is 3.46. The van der Waals surface area contributed by atoms with Gasteiger partial charge in [0.05, 0.1) is 13.2 Å². The molecule has 1 unspecified atom stereocenters. The van der Waals surface area contributed by atoms with Gasteiger partial charge in [0.2, 0.25) is 0 Å². The molecule has 104 valence electrons. The molecule has 1 aliphatic carbocycles. The zero-order chi connectivity index (χ0) is 12.4. The van der Waals surface area contributed by atoms with Crippen LogP contribution in [0.15, 0.2) is 0 Å². The van der Waals surface area contributed by atoms with Crippen LogP contribution >= 0.6 is 0 Å². The number of piperazine rings is 1. The van der Waals surface area contributed by atoms with Gasteiger partial charge < -0.3 is 10.1 Å². The van der Waals surface area contributed by atoms with E-state index in [4.69, 9.17) is 4.74 Å². The van der Waals surface area contributed by atoms with E-state index in [9.17, 15) is 0 Å². The molecule has 0 bridgehead atoms. The number of nitrogens with zero attached hydrogens (tertiary/aromatic N) is 1. The lowest BCUT2D eigenvalue weighted by Crippen LogP contribution is -2.63. The Morgan fingerprint density at radius 1 is 1.11 bits per heavy atom. The van der Waals surface area contributed by atoms with Crippen molar-refractivity contribution in [3.8, 4) is 0 Å². The van der Waals surface area contributed by atoms with Crippen LogP contribution in [0.1, 0.15) is 39.0 Å². The number of nitrogens with one attached hydrogen (secondary N) is 1. The summed E-state index contributed by atoms with van der Waals surface area (Å²) in [6.07, 6.45) is 7.23. The molecular formula is C15H28N2O. The maximum atomic E-state index is 5.66. The highest BCUT2D eigenvalue weighted by Gasteiger charge is 2.51. The fourth-order valence-corrected chi connectivity index (χ4v) is 4.27. The Kier molecular flexibility index (Phi) is 3.92. The molecule has 3 heteroatoms. The molecule has 0 spiro atoms. The van der Waals surface area contributed by atoms with E-state index >= 15 is 0 Å². The molecular weight excluding hydrogens is 224 g/mol. The fourth-order valence-electron chi connectivity index (χ4n) is 4.27. The second-order valence-corrected chi connectivity index (χ2v) is 6.52. The van der Waals surface area contributed by atoms with Crippen LogP contribution in [0, 0.1) is 11.3 Å². The predicted molar refractivity (Wildman–Crippen MR) is 73.7 cm³/mol. The first-order valence-electron chi connectivity index (χ1n) is 7.85. The highest BCUT2D eigenvalue weighted by Crippen LogP contribution is 2.47. The van der Waals surface area contributed by atoms with Gasteiger partial charge >= 0.3 is 0 Å². The van der Waals surface area contributed by atoms with E-state index in [0.29, 0.717) is 11.5 Å². The Bertz CT molecular complexity index is 266. The zero-order valence-corrected chi connectivity index (χ0v) is 11.8. The molecule has 2 saturated heterocycles. The lowest BCUT2D eigenvalue weighted by Gasteiger charge is -2.55. The van der Waals surface area contributed by atoms with Gasteiger partial charge in [0, 0.05) is 37.6 Å². The molecule has 0 aromatic carbocycles. The average molecular weight is 252 g/mol. The highest BCUT2D eigenvalue weighted by atomic mass is 16.5. The summed E-state index contributed by atoms with van der Waals surface area (Å²) in [5.74, 6) is 0.921. The average Bonchev–Trinajstić information content (AvgIpc) is 2.40. The van der Waals surface area contributed by atoms with Crippen LogP contribution in [0.4, 0.5) is 0 Å². The standard InChI is InChI=1S/C15H28N2O/c1-13(17-9-7-16-8-10-17)15(11-18-12-15)14-5-3-2-4-6-14/h13-14,16H,2-12H2,1H3. The van der Waals surface area contributed by atoms with E-state index in [1.165, 1.54) is 45.2 Å². The third kappa shape index (κ3) is 2.21. The van der Waals surface area contributed by atoms with Crippen molar-refractivity contribution in [1.29, 1.82) is 0 Å². The number of hydrogen-bond acceptors (Lipinski definition) is 3. The Labute approximate surface area is 111 Å². The molecule has 3 rings (SSSR count). The minimum atomic E-state index is 0.484. The minimum Gasteiger partial charge on any atom is -0.380 e. The van der Waals surface area contributed by atoms with Gasteiger partial charge in [-0.25, -0.2) is 0 Å². The van der Waals surface area contributed by atoms with Crippen molar-refractivity contribution in [2.75, 3.05) is 39.4 Å². The molecule has 0 radical (unpaired) electrons. The number of hydrogen-bond donors (Lipinski definition) is 1. The second kappa shape index (κ2) is 5.48. The molecule has 3 fully saturated rings. The third-order valence-corrected chi connectivity index (χ3v) is 5.69.